The molecular weight excluding hydrogens is 271 g/mol. The van der Waals surface area contributed by atoms with Crippen LogP contribution in [0.15, 0.2) is 48.7 Å². The van der Waals surface area contributed by atoms with Gasteiger partial charge < -0.3 is 9.47 Å². The molecule has 1 heterocycles. The summed E-state index contributed by atoms with van der Waals surface area (Å²) in [5, 5.41) is 0.897. The summed E-state index contributed by atoms with van der Waals surface area (Å²) in [5.74, 6) is 0.428. The lowest BCUT2D eigenvalue weighted by molar-refractivity contribution is 0.281. The zero-order chi connectivity index (χ0) is 14.7. The summed E-state index contributed by atoms with van der Waals surface area (Å²) >= 11 is 0. The number of methoxy groups -OCH3 is 1. The molecule has 4 nitrogen and oxygen atoms in total. The average molecular weight is 284 g/mol. The van der Waals surface area contributed by atoms with Gasteiger partial charge in [-0.2, -0.15) is 4.98 Å². The molecule has 0 aliphatic heterocycles. The maximum absolute atomic E-state index is 13.1. The lowest BCUT2D eigenvalue weighted by Gasteiger charge is -2.06. The van der Waals surface area contributed by atoms with Crippen LogP contribution >= 0.6 is 0 Å². The van der Waals surface area contributed by atoms with Gasteiger partial charge in [-0.15, -0.1) is 0 Å². The first kappa shape index (κ1) is 13.3. The van der Waals surface area contributed by atoms with E-state index in [1.54, 1.807) is 25.4 Å². The Labute approximate surface area is 121 Å². The quantitative estimate of drug-likeness (QED) is 0.737. The fourth-order valence-corrected chi connectivity index (χ4v) is 1.96. The van der Waals surface area contributed by atoms with Crippen LogP contribution in [0.3, 0.4) is 0 Å². The van der Waals surface area contributed by atoms with Crippen molar-refractivity contribution in [2.75, 3.05) is 7.11 Å². The number of ether oxygens (including phenoxy) is 2. The summed E-state index contributed by atoms with van der Waals surface area (Å²) in [4.78, 5) is 8.45. The predicted octanol–water partition coefficient (Wildman–Crippen LogP) is 3.36. The van der Waals surface area contributed by atoms with Crippen molar-refractivity contribution in [2.45, 2.75) is 6.61 Å². The zero-order valence-electron chi connectivity index (χ0n) is 11.4. The van der Waals surface area contributed by atoms with Crippen molar-refractivity contribution in [2.24, 2.45) is 0 Å². The number of hydrogen-bond acceptors (Lipinski definition) is 4. The fraction of sp³-hybridized carbons (Fsp3) is 0.125. The van der Waals surface area contributed by atoms with Crippen LogP contribution < -0.4 is 9.47 Å². The van der Waals surface area contributed by atoms with E-state index in [0.717, 1.165) is 22.2 Å². The number of rotatable bonds is 4. The van der Waals surface area contributed by atoms with Gasteiger partial charge in [0.1, 0.15) is 18.2 Å². The molecule has 0 spiro atoms. The third-order valence-electron chi connectivity index (χ3n) is 3.02. The molecule has 5 heteroatoms. The molecule has 106 valence electrons. The molecule has 2 aromatic carbocycles. The van der Waals surface area contributed by atoms with E-state index in [1.165, 1.54) is 12.1 Å². The third-order valence-corrected chi connectivity index (χ3v) is 3.02. The number of nitrogens with zero attached hydrogens (tertiary/aromatic N) is 2. The minimum atomic E-state index is -0.291. The molecular formula is C16H13FN2O2. The highest BCUT2D eigenvalue weighted by molar-refractivity contribution is 5.79. The van der Waals surface area contributed by atoms with Crippen LogP contribution in [0.25, 0.3) is 10.9 Å². The number of hydrogen-bond donors (Lipinski definition) is 0. The van der Waals surface area contributed by atoms with Crippen molar-refractivity contribution < 1.29 is 13.9 Å². The van der Waals surface area contributed by atoms with Gasteiger partial charge in [0.05, 0.1) is 12.6 Å². The molecule has 3 aromatic rings. The van der Waals surface area contributed by atoms with Crippen LogP contribution in [0.4, 0.5) is 4.39 Å². The smallest absolute Gasteiger partial charge is 0.317 e. The third kappa shape index (κ3) is 3.08. The first-order valence-electron chi connectivity index (χ1n) is 6.42. The van der Waals surface area contributed by atoms with Crippen molar-refractivity contribution in [3.8, 4) is 11.8 Å². The molecule has 0 N–H and O–H groups in total. The van der Waals surface area contributed by atoms with E-state index < -0.39 is 0 Å². The van der Waals surface area contributed by atoms with Crippen molar-refractivity contribution in [3.63, 3.8) is 0 Å². The molecule has 0 fully saturated rings. The van der Waals surface area contributed by atoms with Crippen LogP contribution in [0.5, 0.6) is 11.8 Å². The standard InChI is InChI=1S/C16H13FN2O2/c1-20-14-6-5-12-9-18-16(19-15(12)8-14)21-10-11-3-2-4-13(17)7-11/h2-9H,10H2,1H3. The first-order chi connectivity index (χ1) is 10.2. The van der Waals surface area contributed by atoms with Crippen molar-refractivity contribution in [1.29, 1.82) is 0 Å². The van der Waals surface area contributed by atoms with E-state index in [1.807, 2.05) is 18.2 Å². The van der Waals surface area contributed by atoms with Gasteiger partial charge in [-0.3, -0.25) is 0 Å². The zero-order valence-corrected chi connectivity index (χ0v) is 11.4. The Hall–Kier alpha value is -2.69. The van der Waals surface area contributed by atoms with Gasteiger partial charge in [0, 0.05) is 17.6 Å². The minimum absolute atomic E-state index is 0.216. The molecule has 3 rings (SSSR count). The first-order valence-corrected chi connectivity index (χ1v) is 6.42. The Kier molecular flexibility index (Phi) is 3.64. The molecule has 0 aliphatic carbocycles. The maximum atomic E-state index is 13.1. The van der Waals surface area contributed by atoms with Gasteiger partial charge in [-0.05, 0) is 29.8 Å². The summed E-state index contributed by atoms with van der Waals surface area (Å²) in [6, 6.07) is 12.0. The second-order valence-electron chi connectivity index (χ2n) is 4.50. The second-order valence-corrected chi connectivity index (χ2v) is 4.50. The Bertz CT molecular complexity index is 777. The molecule has 0 atom stereocenters. The van der Waals surface area contributed by atoms with Crippen LogP contribution in [-0.4, -0.2) is 17.1 Å². The number of halogens is 1. The minimum Gasteiger partial charge on any atom is -0.497 e. The summed E-state index contributed by atoms with van der Waals surface area (Å²) in [6.07, 6.45) is 1.68. The topological polar surface area (TPSA) is 44.2 Å². The number of benzene rings is 2. The normalized spacial score (nSPS) is 10.6. The summed E-state index contributed by atoms with van der Waals surface area (Å²) < 4.78 is 23.7. The molecule has 1 aromatic heterocycles. The largest absolute Gasteiger partial charge is 0.497 e. The molecule has 21 heavy (non-hydrogen) atoms. The molecule has 0 saturated heterocycles. The highest BCUT2D eigenvalue weighted by atomic mass is 19.1. The summed E-state index contributed by atoms with van der Waals surface area (Å²) in [5.41, 5.74) is 1.46. The van der Waals surface area contributed by atoms with Gasteiger partial charge in [-0.1, -0.05) is 12.1 Å². The van der Waals surface area contributed by atoms with Crippen LogP contribution in [-0.2, 0) is 6.61 Å². The SMILES string of the molecule is COc1ccc2cnc(OCc3cccc(F)c3)nc2c1. The lowest BCUT2D eigenvalue weighted by atomic mass is 10.2. The Balaban J connectivity index is 1.80. The molecule has 0 unspecified atom stereocenters. The Morgan fingerprint density at radius 1 is 1.14 bits per heavy atom. The molecule has 0 aliphatic rings. The van der Waals surface area contributed by atoms with Gasteiger partial charge in [-0.25, -0.2) is 9.37 Å². The van der Waals surface area contributed by atoms with Crippen LogP contribution in [0, 0.1) is 5.82 Å². The van der Waals surface area contributed by atoms with Gasteiger partial charge in [0.2, 0.25) is 0 Å². The van der Waals surface area contributed by atoms with E-state index in [0.29, 0.717) is 0 Å². The van der Waals surface area contributed by atoms with Gasteiger partial charge in [0.25, 0.3) is 0 Å². The van der Waals surface area contributed by atoms with Crippen LogP contribution in [0.1, 0.15) is 5.56 Å². The lowest BCUT2D eigenvalue weighted by Crippen LogP contribution is -2.00. The van der Waals surface area contributed by atoms with Crippen LogP contribution in [0.2, 0.25) is 0 Å². The van der Waals surface area contributed by atoms with E-state index in [2.05, 4.69) is 9.97 Å². The summed E-state index contributed by atoms with van der Waals surface area (Å²) in [6.45, 7) is 0.216. The molecule has 0 saturated carbocycles. The fourth-order valence-electron chi connectivity index (χ4n) is 1.96. The van der Waals surface area contributed by atoms with Crippen molar-refractivity contribution in [3.05, 3.63) is 60.0 Å². The van der Waals surface area contributed by atoms with Crippen molar-refractivity contribution >= 4 is 10.9 Å². The number of fused-ring (bicyclic) bond motifs is 1. The molecule has 0 amide bonds. The molecule has 0 bridgehead atoms. The Morgan fingerprint density at radius 2 is 2.05 bits per heavy atom. The van der Waals surface area contributed by atoms with Gasteiger partial charge >= 0.3 is 6.01 Å². The van der Waals surface area contributed by atoms with E-state index in [-0.39, 0.29) is 18.4 Å². The monoisotopic (exact) mass is 284 g/mol. The second kappa shape index (κ2) is 5.75. The molecule has 0 radical (unpaired) electrons. The summed E-state index contributed by atoms with van der Waals surface area (Å²) in [7, 11) is 1.60. The highest BCUT2D eigenvalue weighted by Gasteiger charge is 2.04. The van der Waals surface area contributed by atoms with Gasteiger partial charge in [0.15, 0.2) is 0 Å². The van der Waals surface area contributed by atoms with E-state index in [4.69, 9.17) is 9.47 Å². The maximum Gasteiger partial charge on any atom is 0.317 e. The average Bonchev–Trinajstić information content (AvgIpc) is 2.52. The highest BCUT2D eigenvalue weighted by Crippen LogP contribution is 2.20. The Morgan fingerprint density at radius 3 is 2.86 bits per heavy atom. The van der Waals surface area contributed by atoms with E-state index in [9.17, 15) is 4.39 Å². The number of aromatic nitrogens is 2. The van der Waals surface area contributed by atoms with Crippen molar-refractivity contribution in [1.82, 2.24) is 9.97 Å². The predicted molar refractivity (Wildman–Crippen MR) is 76.8 cm³/mol. The van der Waals surface area contributed by atoms with E-state index >= 15 is 0 Å².